The standard InChI is InChI=1S/C28H37F6NO5S/c1-3-25-14-12-17-15-19(35-41(38,39)40)8-9-20(17)23(25)18(16-24(2)21(25)10-11-22(24)36)7-5-4-6-13-26(37,27(29,30)31)28(32,33)34/h3,8-9,15,18,21-23,35-37H,1,4-7,10-14,16H2,2H3,(H,38,39,40)/t18-,21?,22-,23?,24-,25-/m0/s1. The Kier molecular flexibility index (Phi) is 8.38. The van der Waals surface area contributed by atoms with Crippen molar-refractivity contribution in [1.29, 1.82) is 0 Å². The van der Waals surface area contributed by atoms with Gasteiger partial charge in [-0.3, -0.25) is 9.27 Å². The van der Waals surface area contributed by atoms with Crippen molar-refractivity contribution in [3.8, 4) is 0 Å². The number of aliphatic hydroxyl groups is 2. The summed E-state index contributed by atoms with van der Waals surface area (Å²) in [6.07, 6.45) is -8.07. The van der Waals surface area contributed by atoms with Gasteiger partial charge in [0.25, 0.3) is 5.60 Å². The molecule has 6 nitrogen and oxygen atoms in total. The average Bonchev–Trinajstić information content (AvgIpc) is 3.15. The molecule has 1 aromatic rings. The van der Waals surface area contributed by atoms with Crippen LogP contribution in [0.15, 0.2) is 30.9 Å². The summed E-state index contributed by atoms with van der Waals surface area (Å²) >= 11 is 0. The van der Waals surface area contributed by atoms with Crippen molar-refractivity contribution >= 4 is 16.0 Å². The molecule has 2 unspecified atom stereocenters. The van der Waals surface area contributed by atoms with Gasteiger partial charge in [0, 0.05) is 0 Å². The molecule has 1 aromatic carbocycles. The summed E-state index contributed by atoms with van der Waals surface area (Å²) in [4.78, 5) is 0. The quantitative estimate of drug-likeness (QED) is 0.107. The van der Waals surface area contributed by atoms with E-state index in [1.54, 1.807) is 18.2 Å². The Balaban J connectivity index is 1.60. The van der Waals surface area contributed by atoms with Crippen LogP contribution in [0.4, 0.5) is 32.0 Å². The zero-order valence-electron chi connectivity index (χ0n) is 22.7. The molecule has 0 radical (unpaired) electrons. The molecule has 3 aliphatic carbocycles. The fourth-order valence-corrected chi connectivity index (χ4v) is 8.75. The zero-order chi connectivity index (χ0) is 30.6. The van der Waals surface area contributed by atoms with E-state index in [0.717, 1.165) is 17.5 Å². The van der Waals surface area contributed by atoms with Crippen LogP contribution in [-0.4, -0.2) is 47.2 Å². The van der Waals surface area contributed by atoms with Crippen molar-refractivity contribution in [3.05, 3.63) is 42.0 Å². The van der Waals surface area contributed by atoms with Crippen molar-refractivity contribution in [1.82, 2.24) is 0 Å². The van der Waals surface area contributed by atoms with E-state index in [4.69, 9.17) is 0 Å². The number of aryl methyl sites for hydroxylation is 1. The maximum absolute atomic E-state index is 13.1. The van der Waals surface area contributed by atoms with Gasteiger partial charge in [-0.05, 0) is 103 Å². The van der Waals surface area contributed by atoms with E-state index in [2.05, 4.69) is 11.3 Å². The van der Waals surface area contributed by atoms with Gasteiger partial charge in [-0.2, -0.15) is 34.8 Å². The highest BCUT2D eigenvalue weighted by atomic mass is 32.2. The SMILES string of the molecule is C=C[C@@]12CCc3cc(NS(=O)(=O)O)ccc3C1[C@@H](CCCCCC(O)(C(F)(F)F)C(F)(F)F)C[C@@]1(C)C2CC[C@@H]1O. The maximum atomic E-state index is 13.1. The Labute approximate surface area is 236 Å². The number of aliphatic hydroxyl groups excluding tert-OH is 1. The van der Waals surface area contributed by atoms with Gasteiger partial charge in [-0.25, -0.2) is 0 Å². The highest BCUT2D eigenvalue weighted by Crippen LogP contribution is 2.69. The molecule has 2 saturated carbocycles. The molecule has 3 aliphatic rings. The molecule has 4 rings (SSSR count). The fraction of sp³-hybridized carbons (Fsp3) is 0.714. The monoisotopic (exact) mass is 613 g/mol. The lowest BCUT2D eigenvalue weighted by Gasteiger charge is -2.60. The van der Waals surface area contributed by atoms with Gasteiger partial charge >= 0.3 is 22.7 Å². The number of hydrogen-bond acceptors (Lipinski definition) is 4. The molecule has 2 fully saturated rings. The summed E-state index contributed by atoms with van der Waals surface area (Å²) < 4.78 is 112. The molecule has 0 heterocycles. The number of nitrogens with one attached hydrogen (secondary N) is 1. The first kappa shape index (κ1) is 32.1. The highest BCUT2D eigenvalue weighted by Gasteiger charge is 2.69. The molecule has 232 valence electrons. The Morgan fingerprint density at radius 3 is 2.34 bits per heavy atom. The molecule has 41 heavy (non-hydrogen) atoms. The minimum atomic E-state index is -5.84. The predicted octanol–water partition coefficient (Wildman–Crippen LogP) is 6.71. The zero-order valence-corrected chi connectivity index (χ0v) is 23.5. The van der Waals surface area contributed by atoms with Gasteiger partial charge in [0.15, 0.2) is 0 Å². The van der Waals surface area contributed by atoms with E-state index in [9.17, 15) is 49.5 Å². The highest BCUT2D eigenvalue weighted by molar-refractivity contribution is 7.87. The van der Waals surface area contributed by atoms with Gasteiger partial charge in [-0.1, -0.05) is 31.9 Å². The normalized spacial score (nSPS) is 32.1. The number of rotatable bonds is 9. The second-order valence-electron chi connectivity index (χ2n) is 12.4. The van der Waals surface area contributed by atoms with Gasteiger partial charge < -0.3 is 10.2 Å². The molecular weight excluding hydrogens is 576 g/mol. The third-order valence-electron chi connectivity index (χ3n) is 10.2. The number of alkyl halides is 6. The van der Waals surface area contributed by atoms with E-state index >= 15 is 0 Å². The summed E-state index contributed by atoms with van der Waals surface area (Å²) in [7, 11) is -4.48. The second-order valence-corrected chi connectivity index (χ2v) is 13.5. The number of benzene rings is 1. The molecule has 0 amide bonds. The predicted molar refractivity (Wildman–Crippen MR) is 140 cm³/mol. The van der Waals surface area contributed by atoms with Gasteiger partial charge in [-0.15, -0.1) is 6.58 Å². The van der Waals surface area contributed by atoms with Crippen molar-refractivity contribution in [3.63, 3.8) is 0 Å². The van der Waals surface area contributed by atoms with E-state index in [0.29, 0.717) is 38.5 Å². The largest absolute Gasteiger partial charge is 0.426 e. The Bertz CT molecular complexity index is 1240. The van der Waals surface area contributed by atoms with Crippen molar-refractivity contribution in [2.75, 3.05) is 4.72 Å². The molecule has 13 heteroatoms. The third kappa shape index (κ3) is 5.63. The Hall–Kier alpha value is -1.83. The number of hydrogen-bond donors (Lipinski definition) is 4. The minimum absolute atomic E-state index is 0.0472. The first-order chi connectivity index (χ1) is 18.8. The van der Waals surface area contributed by atoms with E-state index in [1.165, 1.54) is 0 Å². The van der Waals surface area contributed by atoms with Crippen LogP contribution in [-0.2, 0) is 16.7 Å². The smallest absolute Gasteiger partial charge is 0.393 e. The fourth-order valence-electron chi connectivity index (χ4n) is 8.33. The molecule has 0 bridgehead atoms. The van der Waals surface area contributed by atoms with Crippen LogP contribution in [0.1, 0.15) is 81.8 Å². The summed E-state index contributed by atoms with van der Waals surface area (Å²) in [6, 6.07) is 5.02. The Morgan fingerprint density at radius 1 is 1.10 bits per heavy atom. The minimum Gasteiger partial charge on any atom is -0.393 e. The lowest BCUT2D eigenvalue weighted by atomic mass is 9.44. The van der Waals surface area contributed by atoms with Gasteiger partial charge in [0.2, 0.25) is 0 Å². The average molecular weight is 614 g/mol. The number of unbranched alkanes of at least 4 members (excludes halogenated alkanes) is 2. The first-order valence-electron chi connectivity index (χ1n) is 13.8. The lowest BCUT2D eigenvalue weighted by molar-refractivity contribution is -0.370. The summed E-state index contributed by atoms with van der Waals surface area (Å²) in [5.74, 6) is -0.0687. The third-order valence-corrected chi connectivity index (χ3v) is 10.7. The second kappa shape index (κ2) is 10.7. The van der Waals surface area contributed by atoms with Crippen LogP contribution < -0.4 is 4.72 Å². The van der Waals surface area contributed by atoms with Crippen LogP contribution >= 0.6 is 0 Å². The first-order valence-corrected chi connectivity index (χ1v) is 15.3. The van der Waals surface area contributed by atoms with Crippen LogP contribution in [0.25, 0.3) is 0 Å². The summed E-state index contributed by atoms with van der Waals surface area (Å²) in [6.45, 7) is 6.23. The Morgan fingerprint density at radius 2 is 1.76 bits per heavy atom. The topological polar surface area (TPSA) is 107 Å². The molecule has 4 N–H and O–H groups in total. The molecule has 0 aliphatic heterocycles. The van der Waals surface area contributed by atoms with E-state index in [1.807, 2.05) is 13.0 Å². The summed E-state index contributed by atoms with van der Waals surface area (Å²) in [5.41, 5.74) is -3.55. The van der Waals surface area contributed by atoms with Crippen molar-refractivity contribution in [2.24, 2.45) is 22.7 Å². The molecule has 0 saturated heterocycles. The molecule has 6 atom stereocenters. The number of halogens is 6. The summed E-state index contributed by atoms with van der Waals surface area (Å²) in [5, 5.41) is 20.5. The van der Waals surface area contributed by atoms with Crippen LogP contribution in [0.3, 0.4) is 0 Å². The van der Waals surface area contributed by atoms with Crippen molar-refractivity contribution in [2.45, 2.75) is 101 Å². The van der Waals surface area contributed by atoms with Crippen molar-refractivity contribution < 1.29 is 49.5 Å². The molecule has 0 spiro atoms. The van der Waals surface area contributed by atoms with Gasteiger partial charge in [0.05, 0.1) is 11.8 Å². The molecular formula is C28H37F6NO5S. The maximum Gasteiger partial charge on any atom is 0.426 e. The lowest BCUT2D eigenvalue weighted by Crippen LogP contribution is -2.56. The van der Waals surface area contributed by atoms with Crippen LogP contribution in [0.5, 0.6) is 0 Å². The number of fused-ring (bicyclic) bond motifs is 5. The number of anilines is 1. The van der Waals surface area contributed by atoms with Gasteiger partial charge in [0.1, 0.15) is 0 Å². The van der Waals surface area contributed by atoms with E-state index in [-0.39, 0.29) is 29.9 Å². The number of allylic oxidation sites excluding steroid dienone is 1. The van der Waals surface area contributed by atoms with Crippen LogP contribution in [0.2, 0.25) is 0 Å². The van der Waals surface area contributed by atoms with E-state index < -0.39 is 58.0 Å². The van der Waals surface area contributed by atoms with Crippen LogP contribution in [0, 0.1) is 22.7 Å². The molecule has 0 aromatic heterocycles.